The molecular formula is C12H18N2O4S2. The Morgan fingerprint density at radius 1 is 1.40 bits per heavy atom. The van der Waals surface area contributed by atoms with Crippen LogP contribution in [0.2, 0.25) is 0 Å². The van der Waals surface area contributed by atoms with Gasteiger partial charge in [0.05, 0.1) is 4.92 Å². The summed E-state index contributed by atoms with van der Waals surface area (Å²) < 4.78 is 23.3. The molecule has 1 atom stereocenters. The first-order valence-corrected chi connectivity index (χ1v) is 9.23. The molecule has 1 saturated heterocycles. The third kappa shape index (κ3) is 3.29. The molecule has 0 N–H and O–H groups in total. The Labute approximate surface area is 122 Å². The number of hydrogen-bond acceptors (Lipinski definition) is 6. The van der Waals surface area contributed by atoms with Gasteiger partial charge in [-0.05, 0) is 25.2 Å². The second-order valence-electron chi connectivity index (χ2n) is 5.31. The molecule has 1 aromatic rings. The Balaban J connectivity index is 2.39. The third-order valence-corrected chi connectivity index (χ3v) is 6.52. The molecule has 6 nitrogen and oxygen atoms in total. The molecule has 0 amide bonds. The summed E-state index contributed by atoms with van der Waals surface area (Å²) >= 11 is 1.01. The summed E-state index contributed by atoms with van der Waals surface area (Å²) in [6.07, 6.45) is 4.14. The minimum absolute atomic E-state index is 0.0662. The molecule has 0 radical (unpaired) electrons. The molecule has 112 valence electrons. The zero-order valence-electron chi connectivity index (χ0n) is 11.5. The predicted octanol–water partition coefficient (Wildman–Crippen LogP) is 2.69. The van der Waals surface area contributed by atoms with E-state index in [-0.39, 0.29) is 9.90 Å². The van der Waals surface area contributed by atoms with Crippen LogP contribution in [-0.2, 0) is 9.84 Å². The number of nitrogens with zero attached hydrogens (tertiary/aromatic N) is 2. The van der Waals surface area contributed by atoms with Crippen LogP contribution < -0.4 is 4.90 Å². The van der Waals surface area contributed by atoms with Gasteiger partial charge in [0.25, 0.3) is 0 Å². The van der Waals surface area contributed by atoms with E-state index in [4.69, 9.17) is 0 Å². The minimum Gasteiger partial charge on any atom is -0.358 e. The van der Waals surface area contributed by atoms with Crippen molar-refractivity contribution in [3.63, 3.8) is 0 Å². The zero-order chi connectivity index (χ0) is 14.9. The molecule has 8 heteroatoms. The Morgan fingerprint density at radius 3 is 2.70 bits per heavy atom. The maximum Gasteiger partial charge on any atom is 0.305 e. The van der Waals surface area contributed by atoms with Crippen LogP contribution in [0.1, 0.15) is 26.2 Å². The van der Waals surface area contributed by atoms with E-state index in [1.54, 1.807) is 0 Å². The lowest BCUT2D eigenvalue weighted by Crippen LogP contribution is -2.23. The predicted molar refractivity (Wildman–Crippen MR) is 79.3 cm³/mol. The molecule has 20 heavy (non-hydrogen) atoms. The lowest BCUT2D eigenvalue weighted by Gasteiger charge is -2.19. The van der Waals surface area contributed by atoms with Crippen molar-refractivity contribution >= 4 is 31.9 Å². The number of anilines is 1. The van der Waals surface area contributed by atoms with Crippen LogP contribution in [0.5, 0.6) is 0 Å². The number of nitro groups is 1. The number of rotatable bonds is 3. The van der Waals surface area contributed by atoms with E-state index in [0.29, 0.717) is 10.9 Å². The van der Waals surface area contributed by atoms with Crippen LogP contribution in [0, 0.1) is 16.0 Å². The molecule has 1 aliphatic rings. The van der Waals surface area contributed by atoms with E-state index >= 15 is 0 Å². The smallest absolute Gasteiger partial charge is 0.305 e. The molecule has 2 heterocycles. The van der Waals surface area contributed by atoms with E-state index in [2.05, 4.69) is 6.92 Å². The fraction of sp³-hybridized carbons (Fsp3) is 0.667. The van der Waals surface area contributed by atoms with Crippen molar-refractivity contribution in [1.29, 1.82) is 0 Å². The highest BCUT2D eigenvalue weighted by molar-refractivity contribution is 7.92. The zero-order valence-corrected chi connectivity index (χ0v) is 13.2. The van der Waals surface area contributed by atoms with Crippen LogP contribution in [-0.4, -0.2) is 32.7 Å². The lowest BCUT2D eigenvalue weighted by atomic mass is 10.0. The average Bonchev–Trinajstić information content (AvgIpc) is 2.68. The number of thiophene rings is 1. The standard InChI is InChI=1S/C12H18N2O4S2/c1-9-4-3-6-13(7-5-9)12-10(14(15)16)8-11(19-12)20(2,17)18/h8-9H,3-7H2,1-2H3. The number of sulfone groups is 1. The third-order valence-electron chi connectivity index (χ3n) is 3.54. The summed E-state index contributed by atoms with van der Waals surface area (Å²) in [6.45, 7) is 3.66. The van der Waals surface area contributed by atoms with Crippen LogP contribution in [0.15, 0.2) is 10.3 Å². The largest absolute Gasteiger partial charge is 0.358 e. The van der Waals surface area contributed by atoms with Gasteiger partial charge in [-0.15, -0.1) is 0 Å². The van der Waals surface area contributed by atoms with Crippen molar-refractivity contribution in [2.24, 2.45) is 5.92 Å². The Morgan fingerprint density at radius 2 is 2.10 bits per heavy atom. The van der Waals surface area contributed by atoms with Gasteiger partial charge in [-0.25, -0.2) is 8.42 Å². The Bertz CT molecular complexity index is 609. The van der Waals surface area contributed by atoms with Gasteiger partial charge in [0, 0.05) is 25.4 Å². The van der Waals surface area contributed by atoms with Gasteiger partial charge in [-0.3, -0.25) is 10.1 Å². The summed E-state index contributed by atoms with van der Waals surface area (Å²) in [5.41, 5.74) is -0.0926. The Hall–Kier alpha value is -1.15. The topological polar surface area (TPSA) is 80.5 Å². The average molecular weight is 318 g/mol. The number of hydrogen-bond donors (Lipinski definition) is 0. The summed E-state index contributed by atoms with van der Waals surface area (Å²) in [5, 5.41) is 11.6. The van der Waals surface area contributed by atoms with E-state index in [1.807, 2.05) is 4.90 Å². The first-order valence-electron chi connectivity index (χ1n) is 6.52. The van der Waals surface area contributed by atoms with E-state index in [1.165, 1.54) is 6.07 Å². The van der Waals surface area contributed by atoms with Crippen molar-refractivity contribution in [3.8, 4) is 0 Å². The molecule has 0 saturated carbocycles. The van der Waals surface area contributed by atoms with Crippen LogP contribution in [0.25, 0.3) is 0 Å². The van der Waals surface area contributed by atoms with Crippen LogP contribution >= 0.6 is 11.3 Å². The van der Waals surface area contributed by atoms with E-state index < -0.39 is 14.8 Å². The molecule has 1 aromatic heterocycles. The first-order chi connectivity index (χ1) is 9.29. The van der Waals surface area contributed by atoms with Gasteiger partial charge in [0.2, 0.25) is 0 Å². The Kier molecular flexibility index (Phi) is 4.33. The van der Waals surface area contributed by atoms with E-state index in [9.17, 15) is 18.5 Å². The van der Waals surface area contributed by atoms with Gasteiger partial charge in [0.15, 0.2) is 14.8 Å². The van der Waals surface area contributed by atoms with Gasteiger partial charge in [-0.2, -0.15) is 0 Å². The van der Waals surface area contributed by atoms with E-state index in [0.717, 1.165) is 49.9 Å². The molecular weight excluding hydrogens is 300 g/mol. The highest BCUT2D eigenvalue weighted by Gasteiger charge is 2.28. The van der Waals surface area contributed by atoms with Crippen molar-refractivity contribution < 1.29 is 13.3 Å². The van der Waals surface area contributed by atoms with Gasteiger partial charge < -0.3 is 4.90 Å². The normalized spacial score (nSPS) is 20.7. The molecule has 1 unspecified atom stereocenters. The maximum absolute atomic E-state index is 11.6. The minimum atomic E-state index is -3.41. The maximum atomic E-state index is 11.6. The summed E-state index contributed by atoms with van der Waals surface area (Å²) in [7, 11) is -3.41. The SMILES string of the molecule is CC1CCCN(c2sc(S(C)(=O)=O)cc2[N+](=O)[O-])CC1. The summed E-state index contributed by atoms with van der Waals surface area (Å²) in [5.74, 6) is 0.605. The fourth-order valence-electron chi connectivity index (χ4n) is 2.36. The lowest BCUT2D eigenvalue weighted by molar-refractivity contribution is -0.383. The monoisotopic (exact) mass is 318 g/mol. The molecule has 1 fully saturated rings. The molecule has 2 rings (SSSR count). The molecule has 0 bridgehead atoms. The summed E-state index contributed by atoms with van der Waals surface area (Å²) in [4.78, 5) is 12.6. The summed E-state index contributed by atoms with van der Waals surface area (Å²) in [6, 6.07) is 1.18. The molecule has 0 aromatic carbocycles. The van der Waals surface area contributed by atoms with Gasteiger partial charge >= 0.3 is 5.69 Å². The van der Waals surface area contributed by atoms with Crippen molar-refractivity contribution in [3.05, 3.63) is 16.2 Å². The highest BCUT2D eigenvalue weighted by atomic mass is 32.2. The molecule has 0 aliphatic carbocycles. The van der Waals surface area contributed by atoms with Crippen molar-refractivity contribution in [2.75, 3.05) is 24.2 Å². The van der Waals surface area contributed by atoms with Crippen molar-refractivity contribution in [2.45, 2.75) is 30.4 Å². The molecule has 0 spiro atoms. The second kappa shape index (κ2) is 5.69. The van der Waals surface area contributed by atoms with Crippen LogP contribution in [0.3, 0.4) is 0 Å². The first kappa shape index (κ1) is 15.2. The van der Waals surface area contributed by atoms with Gasteiger partial charge in [-0.1, -0.05) is 18.3 Å². The fourth-order valence-corrected chi connectivity index (χ4v) is 4.44. The quantitative estimate of drug-likeness (QED) is 0.632. The van der Waals surface area contributed by atoms with Crippen molar-refractivity contribution in [1.82, 2.24) is 0 Å². The van der Waals surface area contributed by atoms with Gasteiger partial charge in [0.1, 0.15) is 4.21 Å². The molecule has 1 aliphatic heterocycles. The second-order valence-corrected chi connectivity index (χ2v) is 8.58. The highest BCUT2D eigenvalue weighted by Crippen LogP contribution is 2.40. The van der Waals surface area contributed by atoms with Crippen LogP contribution in [0.4, 0.5) is 10.7 Å².